The Labute approximate surface area is 151 Å². The van der Waals surface area contributed by atoms with E-state index in [4.69, 9.17) is 0 Å². The van der Waals surface area contributed by atoms with Gasteiger partial charge >= 0.3 is 6.18 Å². The van der Waals surface area contributed by atoms with Gasteiger partial charge in [0.05, 0.1) is 0 Å². The summed E-state index contributed by atoms with van der Waals surface area (Å²) >= 11 is 0. The number of nitrogens with zero attached hydrogens (tertiary/aromatic N) is 4. The topological polar surface area (TPSA) is 66.4 Å². The Bertz CT molecular complexity index is 943. The lowest BCUT2D eigenvalue weighted by Crippen LogP contribution is -2.49. The summed E-state index contributed by atoms with van der Waals surface area (Å²) in [4.78, 5) is 7.84. The van der Waals surface area contributed by atoms with Crippen LogP contribution in [0.3, 0.4) is 0 Å². The van der Waals surface area contributed by atoms with Crippen LogP contribution in [0.25, 0.3) is 0 Å². The first-order valence-corrected chi connectivity index (χ1v) is 9.13. The van der Waals surface area contributed by atoms with Crippen molar-refractivity contribution in [3.8, 4) is 0 Å². The number of piperazine rings is 1. The molecule has 3 rings (SSSR count). The molecule has 0 atom stereocenters. The molecule has 0 unspecified atom stereocenters. The van der Waals surface area contributed by atoms with Crippen LogP contribution in [0.15, 0.2) is 35.4 Å². The molecule has 0 saturated carbocycles. The maximum absolute atomic E-state index is 13.8. The lowest BCUT2D eigenvalue weighted by Gasteiger charge is -2.34. The van der Waals surface area contributed by atoms with Crippen LogP contribution in [-0.2, 0) is 16.2 Å². The predicted octanol–water partition coefficient (Wildman–Crippen LogP) is 2.28. The highest BCUT2D eigenvalue weighted by molar-refractivity contribution is 7.89. The van der Waals surface area contributed by atoms with E-state index in [1.54, 1.807) is 0 Å². The first-order chi connectivity index (χ1) is 12.6. The van der Waals surface area contributed by atoms with Crippen LogP contribution >= 0.6 is 0 Å². The monoisotopic (exact) mass is 408 g/mol. The molecule has 0 amide bonds. The lowest BCUT2D eigenvalue weighted by molar-refractivity contribution is -0.141. The maximum atomic E-state index is 13.8. The van der Waals surface area contributed by atoms with Gasteiger partial charge in [-0.3, -0.25) is 0 Å². The van der Waals surface area contributed by atoms with Gasteiger partial charge in [0.25, 0.3) is 0 Å². The van der Waals surface area contributed by atoms with Crippen molar-refractivity contribution in [2.45, 2.75) is 11.1 Å². The van der Waals surface area contributed by atoms with Gasteiger partial charge in [0, 0.05) is 32.4 Å². The fourth-order valence-electron chi connectivity index (χ4n) is 2.60. The number of alkyl halides is 3. The van der Waals surface area contributed by atoms with Gasteiger partial charge in [0.15, 0.2) is 0 Å². The van der Waals surface area contributed by atoms with Crippen LogP contribution in [-0.4, -0.2) is 48.9 Å². The van der Waals surface area contributed by atoms with E-state index in [2.05, 4.69) is 9.97 Å². The molecule has 1 aliphatic rings. The smallest absolute Gasteiger partial charge is 0.338 e. The van der Waals surface area contributed by atoms with Crippen LogP contribution < -0.4 is 4.90 Å². The fourth-order valence-corrected chi connectivity index (χ4v) is 4.10. The van der Waals surface area contributed by atoms with Crippen molar-refractivity contribution in [1.29, 1.82) is 0 Å². The van der Waals surface area contributed by atoms with Crippen molar-refractivity contribution in [2.24, 2.45) is 0 Å². The summed E-state index contributed by atoms with van der Waals surface area (Å²) in [5.41, 5.74) is -1.11. The summed E-state index contributed by atoms with van der Waals surface area (Å²) in [6.07, 6.45) is -3.66. The molecular formula is C15H13F5N4O2S. The molecule has 1 fully saturated rings. The summed E-state index contributed by atoms with van der Waals surface area (Å²) < 4.78 is 91.3. The number of halogens is 5. The molecule has 0 radical (unpaired) electrons. The Hall–Kier alpha value is -2.34. The molecule has 2 heterocycles. The van der Waals surface area contributed by atoms with Gasteiger partial charge in [-0.2, -0.15) is 17.5 Å². The highest BCUT2D eigenvalue weighted by Crippen LogP contribution is 2.28. The molecule has 1 aromatic carbocycles. The third-order valence-electron chi connectivity index (χ3n) is 3.97. The summed E-state index contributed by atoms with van der Waals surface area (Å²) in [6.45, 7) is -0.287. The maximum Gasteiger partial charge on any atom is 0.433 e. The van der Waals surface area contributed by atoms with Crippen LogP contribution in [0, 0.1) is 11.6 Å². The number of anilines is 1. The van der Waals surface area contributed by atoms with E-state index in [-0.39, 0.29) is 32.1 Å². The largest absolute Gasteiger partial charge is 0.433 e. The van der Waals surface area contributed by atoms with Crippen LogP contribution in [0.5, 0.6) is 0 Å². The minimum Gasteiger partial charge on any atom is -0.338 e. The predicted molar refractivity (Wildman–Crippen MR) is 84.4 cm³/mol. The lowest BCUT2D eigenvalue weighted by atomic mass is 10.3. The zero-order chi connectivity index (χ0) is 19.8. The van der Waals surface area contributed by atoms with Gasteiger partial charge in [-0.15, -0.1) is 0 Å². The van der Waals surface area contributed by atoms with Crippen LogP contribution in [0.2, 0.25) is 0 Å². The van der Waals surface area contributed by atoms with Crippen LogP contribution in [0.1, 0.15) is 5.69 Å². The van der Waals surface area contributed by atoms with E-state index >= 15 is 0 Å². The van der Waals surface area contributed by atoms with Crippen molar-refractivity contribution in [1.82, 2.24) is 14.3 Å². The molecule has 0 N–H and O–H groups in total. The number of hydrogen-bond donors (Lipinski definition) is 0. The quantitative estimate of drug-likeness (QED) is 0.730. The fraction of sp³-hybridized carbons (Fsp3) is 0.333. The number of hydrogen-bond acceptors (Lipinski definition) is 5. The Morgan fingerprint density at radius 2 is 1.67 bits per heavy atom. The number of benzene rings is 1. The Kier molecular flexibility index (Phi) is 5.04. The van der Waals surface area contributed by atoms with Gasteiger partial charge in [-0.05, 0) is 24.3 Å². The van der Waals surface area contributed by atoms with Crippen molar-refractivity contribution < 1.29 is 30.4 Å². The molecule has 1 aromatic heterocycles. The minimum absolute atomic E-state index is 0.00250. The summed E-state index contributed by atoms with van der Waals surface area (Å²) in [5.74, 6) is -2.16. The molecule has 1 saturated heterocycles. The summed E-state index contributed by atoms with van der Waals surface area (Å²) in [7, 11) is -4.28. The summed E-state index contributed by atoms with van der Waals surface area (Å²) in [5, 5.41) is 0. The molecule has 0 aliphatic carbocycles. The first-order valence-electron chi connectivity index (χ1n) is 7.69. The van der Waals surface area contributed by atoms with Gasteiger partial charge in [0.2, 0.25) is 16.0 Å². The molecule has 146 valence electrons. The van der Waals surface area contributed by atoms with Gasteiger partial charge in [-0.25, -0.2) is 27.2 Å². The zero-order valence-electron chi connectivity index (χ0n) is 13.6. The third kappa shape index (κ3) is 4.00. The first kappa shape index (κ1) is 19.4. The molecule has 0 spiro atoms. The van der Waals surface area contributed by atoms with E-state index in [0.717, 1.165) is 28.7 Å². The molecule has 27 heavy (non-hydrogen) atoms. The molecule has 2 aromatic rings. The third-order valence-corrected chi connectivity index (χ3v) is 5.88. The van der Waals surface area contributed by atoms with Gasteiger partial charge < -0.3 is 4.90 Å². The second-order valence-corrected chi connectivity index (χ2v) is 7.61. The Balaban J connectivity index is 1.77. The van der Waals surface area contributed by atoms with E-state index in [9.17, 15) is 30.4 Å². The highest BCUT2D eigenvalue weighted by Gasteiger charge is 2.35. The van der Waals surface area contributed by atoms with E-state index < -0.39 is 38.4 Å². The van der Waals surface area contributed by atoms with Crippen molar-refractivity contribution >= 4 is 16.0 Å². The molecular weight excluding hydrogens is 395 g/mol. The summed E-state index contributed by atoms with van der Waals surface area (Å²) in [6, 6.07) is 2.84. The number of sulfonamides is 1. The molecule has 0 bridgehead atoms. The van der Waals surface area contributed by atoms with Crippen molar-refractivity contribution in [2.75, 3.05) is 31.1 Å². The Morgan fingerprint density at radius 1 is 1.00 bits per heavy atom. The molecule has 1 aliphatic heterocycles. The normalized spacial score (nSPS) is 16.6. The second kappa shape index (κ2) is 7.00. The van der Waals surface area contributed by atoms with Crippen LogP contribution in [0.4, 0.5) is 27.9 Å². The minimum atomic E-state index is -4.63. The van der Waals surface area contributed by atoms with Gasteiger partial charge in [0.1, 0.15) is 22.2 Å². The molecule has 12 heteroatoms. The van der Waals surface area contributed by atoms with Crippen molar-refractivity contribution in [3.63, 3.8) is 0 Å². The second-order valence-electron chi connectivity index (χ2n) is 5.71. The average molecular weight is 408 g/mol. The zero-order valence-corrected chi connectivity index (χ0v) is 14.4. The Morgan fingerprint density at radius 3 is 2.30 bits per heavy atom. The van der Waals surface area contributed by atoms with E-state index in [1.807, 2.05) is 0 Å². The highest BCUT2D eigenvalue weighted by atomic mass is 32.2. The SMILES string of the molecule is O=S(=O)(c1cc(F)ccc1F)N1CCN(c2nccc(C(F)(F)F)n2)CC1. The van der Waals surface area contributed by atoms with E-state index in [0.29, 0.717) is 6.07 Å². The number of aromatic nitrogens is 2. The number of rotatable bonds is 3. The van der Waals surface area contributed by atoms with E-state index in [1.165, 1.54) is 4.90 Å². The molecule has 6 nitrogen and oxygen atoms in total. The average Bonchev–Trinajstić information content (AvgIpc) is 2.63. The van der Waals surface area contributed by atoms with Crippen molar-refractivity contribution in [3.05, 3.63) is 47.8 Å². The standard InChI is InChI=1S/C15H13F5N4O2S/c16-10-1-2-11(17)12(9-10)27(25,26)24-7-5-23(6-8-24)14-21-4-3-13(22-14)15(18,19)20/h1-4,9H,5-8H2. The van der Waals surface area contributed by atoms with Gasteiger partial charge in [-0.1, -0.05) is 0 Å².